The number of hydrogen-bond donors (Lipinski definition) is 9. The summed E-state index contributed by atoms with van der Waals surface area (Å²) in [6.07, 6.45) is 13.4. The minimum Gasteiger partial charge on any atom is -0.395 e. The van der Waals surface area contributed by atoms with Gasteiger partial charge in [-0.2, -0.15) is 0 Å². The van der Waals surface area contributed by atoms with Crippen LogP contribution in [0.3, 0.4) is 0 Å². The maximum absolute atomic E-state index is 13.1. The number of likely N-dealkylation sites (N-methyl/N-ethyl adjacent to an activating group) is 1. The molecule has 6 rings (SSSR count). The molecule has 4 aliphatic heterocycles. The Hall–Kier alpha value is -0.400. The quantitative estimate of drug-likeness (QED) is 0.0463. The van der Waals surface area contributed by atoms with Crippen LogP contribution in [0.25, 0.3) is 0 Å². The summed E-state index contributed by atoms with van der Waals surface area (Å²) in [6, 6.07) is 4.26. The first-order valence-electron chi connectivity index (χ1n) is 29.7. The highest BCUT2D eigenvalue weighted by atomic mass is 31.2. The second-order valence-corrected chi connectivity index (χ2v) is 26.1. The summed E-state index contributed by atoms with van der Waals surface area (Å²) in [4.78, 5) is 18.1. The third kappa shape index (κ3) is 52.0. The molecule has 0 amide bonds. The molecule has 80 heavy (non-hydrogen) atoms. The zero-order valence-corrected chi connectivity index (χ0v) is 52.5. The number of hydrogen-bond acceptors (Lipinski definition) is 14. The Kier molecular flexibility index (Phi) is 67.6. The molecule has 6 fully saturated rings. The molecule has 0 aromatic heterocycles. The summed E-state index contributed by atoms with van der Waals surface area (Å²) in [5, 5.41) is 29.0. The summed E-state index contributed by atoms with van der Waals surface area (Å²) in [5.74, 6) is 4.04. The average Bonchev–Trinajstić information content (AvgIpc) is 4.07. The maximum atomic E-state index is 13.1. The molecule has 4 heterocycles. The van der Waals surface area contributed by atoms with Gasteiger partial charge in [0.2, 0.25) is 0 Å². The second kappa shape index (κ2) is 56.4. The molecule has 2 saturated carbocycles. The lowest BCUT2D eigenvalue weighted by Crippen LogP contribution is -2.54. The number of likely N-dealkylation sites (tertiary alicyclic amines) is 4. The van der Waals surface area contributed by atoms with Gasteiger partial charge in [-0.3, -0.25) is 24.2 Å². The van der Waals surface area contributed by atoms with Gasteiger partial charge < -0.3 is 52.4 Å². The van der Waals surface area contributed by atoms with E-state index in [1.807, 2.05) is 7.05 Å². The lowest BCUT2D eigenvalue weighted by molar-refractivity contribution is -0.00458. The first-order chi connectivity index (χ1) is 34.6. The van der Waals surface area contributed by atoms with Gasteiger partial charge in [0.1, 0.15) is 6.17 Å². The summed E-state index contributed by atoms with van der Waals surface area (Å²) in [7, 11) is -1.45. The smallest absolute Gasteiger partial charge is 0.325 e. The zero-order valence-electron chi connectivity index (χ0n) is 51.6. The largest absolute Gasteiger partial charge is 0.395 e. The number of piperidine rings is 1. The van der Waals surface area contributed by atoms with Crippen molar-refractivity contribution in [1.82, 2.24) is 40.9 Å². The van der Waals surface area contributed by atoms with Gasteiger partial charge in [-0.1, -0.05) is 145 Å². The van der Waals surface area contributed by atoms with Crippen LogP contribution >= 0.6 is 7.60 Å². The molecule has 0 aromatic carbocycles. The van der Waals surface area contributed by atoms with E-state index < -0.39 is 13.8 Å². The van der Waals surface area contributed by atoms with Crippen molar-refractivity contribution in [3.05, 3.63) is 0 Å². The SMILES string of the molecule is C.C.C.C.C.C.CC(C)C1CCC1.CC(C)C1CCCC1.CC(C)N1CC(OP(C)(=O)O)C1.CC(C)N1CCC(N)C1.CC(C)N1CCCC(N)C1.CC(C)NCCNCCO.CC(C)NCCO.CNC1CN(C(C)C)CC1F. The van der Waals surface area contributed by atoms with Crippen molar-refractivity contribution < 1.29 is 28.6 Å². The predicted molar refractivity (Wildman–Crippen MR) is 358 cm³/mol. The van der Waals surface area contributed by atoms with E-state index in [2.05, 4.69) is 152 Å². The Morgan fingerprint density at radius 1 is 0.525 bits per heavy atom. The zero-order chi connectivity index (χ0) is 57.0. The van der Waals surface area contributed by atoms with Crippen LogP contribution in [0.1, 0.15) is 220 Å². The van der Waals surface area contributed by atoms with Crippen LogP contribution in [-0.4, -0.2) is 207 Å². The van der Waals surface area contributed by atoms with Crippen LogP contribution in [0, 0.1) is 23.7 Å². The van der Waals surface area contributed by atoms with Crippen molar-refractivity contribution in [3.8, 4) is 0 Å². The van der Waals surface area contributed by atoms with E-state index in [1.54, 1.807) is 0 Å². The number of nitrogens with two attached hydrogens (primary N) is 2. The van der Waals surface area contributed by atoms with E-state index in [-0.39, 0.29) is 69.9 Å². The molecular weight excluding hydrogens is 1030 g/mol. The first-order valence-corrected chi connectivity index (χ1v) is 31.8. The van der Waals surface area contributed by atoms with Gasteiger partial charge >= 0.3 is 7.60 Å². The van der Waals surface area contributed by atoms with Crippen molar-refractivity contribution in [2.24, 2.45) is 35.1 Å². The van der Waals surface area contributed by atoms with E-state index in [9.17, 15) is 8.96 Å². The molecule has 6 aliphatic rings. The monoisotopic (exact) mass is 1180 g/mol. The highest BCUT2D eigenvalue weighted by molar-refractivity contribution is 7.51. The van der Waals surface area contributed by atoms with E-state index in [0.717, 1.165) is 69.5 Å². The van der Waals surface area contributed by atoms with Gasteiger partial charge in [0.15, 0.2) is 0 Å². The van der Waals surface area contributed by atoms with Crippen molar-refractivity contribution in [2.75, 3.05) is 105 Å². The maximum Gasteiger partial charge on any atom is 0.325 e. The van der Waals surface area contributed by atoms with Gasteiger partial charge in [0.25, 0.3) is 0 Å². The number of nitrogens with zero attached hydrogens (tertiary/aromatic N) is 4. The van der Waals surface area contributed by atoms with Crippen molar-refractivity contribution in [3.63, 3.8) is 0 Å². The molecule has 0 radical (unpaired) electrons. The third-order valence-electron chi connectivity index (χ3n) is 14.8. The predicted octanol–water partition coefficient (Wildman–Crippen LogP) is 11.4. The molecule has 0 spiro atoms. The van der Waals surface area contributed by atoms with Gasteiger partial charge in [0.05, 0.1) is 25.4 Å². The highest BCUT2D eigenvalue weighted by Crippen LogP contribution is 2.40. The molecule has 0 aromatic rings. The van der Waals surface area contributed by atoms with Crippen LogP contribution < -0.4 is 32.7 Å². The Morgan fingerprint density at radius 2 is 0.925 bits per heavy atom. The summed E-state index contributed by atoms with van der Waals surface area (Å²) < 4.78 is 28.8. The van der Waals surface area contributed by atoms with Crippen LogP contribution in [0.15, 0.2) is 0 Å². The number of aliphatic hydroxyl groups excluding tert-OH is 2. The summed E-state index contributed by atoms with van der Waals surface area (Å²) in [5.41, 5.74) is 11.5. The van der Waals surface area contributed by atoms with Crippen LogP contribution in [0.2, 0.25) is 0 Å². The third-order valence-corrected chi connectivity index (χ3v) is 15.5. The number of halogens is 1. The van der Waals surface area contributed by atoms with Gasteiger partial charge in [0, 0.05) is 120 Å². The molecule has 17 heteroatoms. The molecule has 11 N–H and O–H groups in total. The Bertz CT molecular complexity index is 1300. The van der Waals surface area contributed by atoms with Crippen molar-refractivity contribution in [1.29, 1.82) is 0 Å². The lowest BCUT2D eigenvalue weighted by atomic mass is 9.78. The highest BCUT2D eigenvalue weighted by Gasteiger charge is 2.34. The Morgan fingerprint density at radius 3 is 1.19 bits per heavy atom. The normalized spacial score (nSPS) is 22.0. The van der Waals surface area contributed by atoms with Crippen molar-refractivity contribution >= 4 is 7.60 Å². The van der Waals surface area contributed by atoms with Crippen LogP contribution in [0.4, 0.5) is 4.39 Å². The standard InChI is InChI=1S/C8H17FN2.C8H18N2.C8H16.C7H18N2O.C7H16N2.C7H16NO3P.C7H14.C5H13NO.6CH4/c1-6(2)11-4-7(9)8(5-11)10-3;1-7(2)10-5-3-4-8(9)6-10;1-7(2)8-5-3-4-6-8;1-7(2)9-4-3-8-5-6-10;1-6(2)9-4-3-7(8)5-9;1-6(2)8-4-7(5-8)11-12(3,9)10;1-6(2)7-4-3-5-7;1-5(2)6-3-4-7;;;;;;/h6-8,10H,4-5H2,1-3H3;7-8H,3-6,9H2,1-2H3;7-8H,3-6H2,1-2H3;7-10H,3-6H2,1-2H3;6-7H,3-5,8H2,1-2H3;6-7H,4-5H2,1-3H3,(H,9,10);6-7H,3-5H2,1-2H3;5-7H,3-4H2,1-2H3;6*1H4. The Balaban J connectivity index is -0.000000123. The molecule has 15 nitrogen and oxygen atoms in total. The fraction of sp³-hybridized carbons (Fsp3) is 1.00. The van der Waals surface area contributed by atoms with E-state index in [0.29, 0.717) is 68.0 Å². The van der Waals surface area contributed by atoms with E-state index >= 15 is 0 Å². The van der Waals surface area contributed by atoms with Crippen LogP contribution in [-0.2, 0) is 9.09 Å². The fourth-order valence-electron chi connectivity index (χ4n) is 9.25. The lowest BCUT2D eigenvalue weighted by Gasteiger charge is -2.41. The molecular formula is C63H152FN10O5P. The minimum atomic E-state index is -3.27. The van der Waals surface area contributed by atoms with Crippen LogP contribution in [0.5, 0.6) is 0 Å². The minimum absolute atomic E-state index is 0. The fourth-order valence-corrected chi connectivity index (χ4v) is 9.94. The van der Waals surface area contributed by atoms with Crippen molar-refractivity contribution in [2.45, 2.75) is 286 Å². The molecule has 4 saturated heterocycles. The summed E-state index contributed by atoms with van der Waals surface area (Å²) >= 11 is 0. The van der Waals surface area contributed by atoms with E-state index in [1.165, 1.54) is 84.0 Å². The average molecular weight is 1180 g/mol. The number of nitrogens with one attached hydrogen (secondary N) is 4. The Labute approximate surface area is 501 Å². The second-order valence-electron chi connectivity index (χ2n) is 24.3. The van der Waals surface area contributed by atoms with Gasteiger partial charge in [-0.15, -0.1) is 0 Å². The van der Waals surface area contributed by atoms with Gasteiger partial charge in [-0.05, 0) is 118 Å². The molecule has 2 aliphatic carbocycles. The first kappa shape index (κ1) is 95.9. The van der Waals surface area contributed by atoms with E-state index in [4.69, 9.17) is 31.1 Å². The number of aliphatic hydroxyl groups is 2. The molecule has 5 atom stereocenters. The topological polar surface area (TPSA) is 200 Å². The molecule has 5 unspecified atom stereocenters. The summed E-state index contributed by atoms with van der Waals surface area (Å²) in [6.45, 7) is 47.6. The molecule has 0 bridgehead atoms. The van der Waals surface area contributed by atoms with Gasteiger partial charge in [-0.25, -0.2) is 4.39 Å². The number of rotatable bonds is 18. The molecule has 496 valence electrons. The number of alkyl halides is 1.